The summed E-state index contributed by atoms with van der Waals surface area (Å²) in [6.07, 6.45) is 25.3. The van der Waals surface area contributed by atoms with Crippen LogP contribution in [0.25, 0.3) is 5.57 Å². The van der Waals surface area contributed by atoms with E-state index in [9.17, 15) is 0 Å². The van der Waals surface area contributed by atoms with Crippen molar-refractivity contribution in [3.63, 3.8) is 0 Å². The van der Waals surface area contributed by atoms with Gasteiger partial charge in [0, 0.05) is 0 Å². The molecular weight excluding hydrogens is 468 g/mol. The van der Waals surface area contributed by atoms with Crippen LogP contribution in [0.5, 0.6) is 0 Å². The fraction of sp³-hybridized carbons (Fsp3) is 0.641. The quantitative estimate of drug-likeness (QED) is 0.237. The minimum Gasteiger partial charge on any atom is -0.0955 e. The van der Waals surface area contributed by atoms with Crippen molar-refractivity contribution in [2.75, 3.05) is 0 Å². The van der Waals surface area contributed by atoms with E-state index in [1.807, 2.05) is 0 Å². The summed E-state index contributed by atoms with van der Waals surface area (Å²) >= 11 is 0. The van der Waals surface area contributed by atoms with Crippen molar-refractivity contribution in [1.82, 2.24) is 0 Å². The first-order valence-corrected chi connectivity index (χ1v) is 16.7. The van der Waals surface area contributed by atoms with Gasteiger partial charge in [-0.1, -0.05) is 190 Å². The maximum Gasteiger partial charge on any atom is -0.0201 e. The van der Waals surface area contributed by atoms with E-state index in [0.717, 1.165) is 12.0 Å². The van der Waals surface area contributed by atoms with Crippen LogP contribution in [0.3, 0.4) is 0 Å². The molecule has 0 N–H and O–H groups in total. The maximum absolute atomic E-state index is 3.96. The SMILES string of the molecule is C1CCCCC1.C=C(C)c1ccc(C)cc1CC.CCCCCCCCC.CCCCCc1ccc(C)cc1. The summed E-state index contributed by atoms with van der Waals surface area (Å²) in [4.78, 5) is 0. The van der Waals surface area contributed by atoms with Gasteiger partial charge in [0.2, 0.25) is 0 Å². The number of benzene rings is 2. The van der Waals surface area contributed by atoms with E-state index in [2.05, 4.69) is 97.5 Å². The highest BCUT2D eigenvalue weighted by atomic mass is 14.1. The number of aryl methyl sites for hydroxylation is 4. The van der Waals surface area contributed by atoms with Gasteiger partial charge in [-0.05, 0) is 56.7 Å². The minimum atomic E-state index is 1.09. The molecule has 0 unspecified atom stereocenters. The Hall–Kier alpha value is -1.82. The molecule has 0 radical (unpaired) electrons. The molecule has 0 amide bonds. The van der Waals surface area contributed by atoms with Gasteiger partial charge < -0.3 is 0 Å². The molecule has 0 atom stereocenters. The van der Waals surface area contributed by atoms with Gasteiger partial charge in [0.25, 0.3) is 0 Å². The van der Waals surface area contributed by atoms with Gasteiger partial charge in [-0.25, -0.2) is 0 Å². The van der Waals surface area contributed by atoms with Crippen molar-refractivity contribution >= 4 is 5.57 Å². The average molecular weight is 535 g/mol. The molecule has 0 aromatic heterocycles. The van der Waals surface area contributed by atoms with Crippen LogP contribution in [0.2, 0.25) is 0 Å². The second kappa shape index (κ2) is 26.4. The molecule has 2 aromatic rings. The smallest absolute Gasteiger partial charge is 0.0201 e. The van der Waals surface area contributed by atoms with Crippen LogP contribution in [-0.2, 0) is 12.8 Å². The molecule has 0 aliphatic heterocycles. The number of allylic oxidation sites excluding steroid dienone is 1. The third kappa shape index (κ3) is 21.7. The third-order valence-electron chi connectivity index (χ3n) is 7.50. The Morgan fingerprint density at radius 1 is 0.590 bits per heavy atom. The summed E-state index contributed by atoms with van der Waals surface area (Å²) in [5.41, 5.74) is 8.04. The van der Waals surface area contributed by atoms with Crippen LogP contribution in [0.1, 0.15) is 165 Å². The molecule has 0 heteroatoms. The maximum atomic E-state index is 3.96. The predicted octanol–water partition coefficient (Wildman–Crippen LogP) is 13.4. The summed E-state index contributed by atoms with van der Waals surface area (Å²) in [6.45, 7) is 19.2. The van der Waals surface area contributed by atoms with Crippen LogP contribution in [0.4, 0.5) is 0 Å². The van der Waals surface area contributed by atoms with Crippen molar-refractivity contribution in [2.45, 2.75) is 164 Å². The van der Waals surface area contributed by atoms with Crippen molar-refractivity contribution in [3.8, 4) is 0 Å². The summed E-state index contributed by atoms with van der Waals surface area (Å²) in [5, 5.41) is 0. The van der Waals surface area contributed by atoms with E-state index in [-0.39, 0.29) is 0 Å². The van der Waals surface area contributed by atoms with Crippen molar-refractivity contribution in [2.24, 2.45) is 0 Å². The predicted molar refractivity (Wildman–Crippen MR) is 181 cm³/mol. The van der Waals surface area contributed by atoms with E-state index in [0.29, 0.717) is 0 Å². The number of unbranched alkanes of at least 4 members (excludes halogenated alkanes) is 8. The Balaban J connectivity index is 0.000000508. The summed E-state index contributed by atoms with van der Waals surface area (Å²) in [5.74, 6) is 0. The molecule has 3 rings (SSSR count). The molecule has 39 heavy (non-hydrogen) atoms. The van der Waals surface area contributed by atoms with E-state index < -0.39 is 0 Å². The Labute approximate surface area is 246 Å². The van der Waals surface area contributed by atoms with E-state index in [4.69, 9.17) is 0 Å². The van der Waals surface area contributed by atoms with Gasteiger partial charge in [0.05, 0.1) is 0 Å². The zero-order valence-electron chi connectivity index (χ0n) is 27.5. The molecule has 1 saturated carbocycles. The van der Waals surface area contributed by atoms with Crippen molar-refractivity contribution < 1.29 is 0 Å². The fourth-order valence-electron chi connectivity index (χ4n) is 4.86. The first-order valence-electron chi connectivity index (χ1n) is 16.7. The van der Waals surface area contributed by atoms with E-state index >= 15 is 0 Å². The van der Waals surface area contributed by atoms with Crippen LogP contribution >= 0.6 is 0 Å². The lowest BCUT2D eigenvalue weighted by atomic mass is 9.98. The number of hydrogen-bond donors (Lipinski definition) is 0. The van der Waals surface area contributed by atoms with Gasteiger partial charge >= 0.3 is 0 Å². The number of hydrogen-bond acceptors (Lipinski definition) is 0. The molecule has 0 heterocycles. The monoisotopic (exact) mass is 535 g/mol. The highest BCUT2D eigenvalue weighted by Crippen LogP contribution is 2.19. The largest absolute Gasteiger partial charge is 0.0955 e. The number of rotatable bonds is 12. The molecule has 2 aromatic carbocycles. The molecule has 1 aliphatic carbocycles. The first kappa shape index (κ1) is 37.2. The van der Waals surface area contributed by atoms with E-state index in [1.165, 1.54) is 137 Å². The summed E-state index contributed by atoms with van der Waals surface area (Å²) in [7, 11) is 0. The van der Waals surface area contributed by atoms with Gasteiger partial charge in [-0.2, -0.15) is 0 Å². The Morgan fingerprint density at radius 2 is 1.03 bits per heavy atom. The topological polar surface area (TPSA) is 0 Å². The first-order chi connectivity index (χ1) is 18.9. The minimum absolute atomic E-state index is 1.09. The van der Waals surface area contributed by atoms with Gasteiger partial charge in [0.15, 0.2) is 0 Å². The van der Waals surface area contributed by atoms with Crippen LogP contribution in [0, 0.1) is 13.8 Å². The lowest BCUT2D eigenvalue weighted by Gasteiger charge is -2.07. The lowest BCUT2D eigenvalue weighted by Crippen LogP contribution is -1.89. The van der Waals surface area contributed by atoms with Gasteiger partial charge in [-0.15, -0.1) is 0 Å². The zero-order chi connectivity index (χ0) is 29.1. The van der Waals surface area contributed by atoms with Crippen LogP contribution in [-0.4, -0.2) is 0 Å². The Morgan fingerprint density at radius 3 is 1.46 bits per heavy atom. The lowest BCUT2D eigenvalue weighted by molar-refractivity contribution is 0.504. The fourth-order valence-corrected chi connectivity index (χ4v) is 4.86. The summed E-state index contributed by atoms with van der Waals surface area (Å²) < 4.78 is 0. The normalized spacial score (nSPS) is 12.2. The molecule has 0 nitrogen and oxygen atoms in total. The Bertz CT molecular complexity index is 789. The van der Waals surface area contributed by atoms with Crippen molar-refractivity contribution in [1.29, 1.82) is 0 Å². The van der Waals surface area contributed by atoms with Crippen LogP contribution < -0.4 is 0 Å². The highest BCUT2D eigenvalue weighted by molar-refractivity contribution is 5.64. The molecule has 0 bridgehead atoms. The zero-order valence-corrected chi connectivity index (χ0v) is 27.5. The molecule has 0 saturated heterocycles. The molecular formula is C39H66. The second-order valence-corrected chi connectivity index (χ2v) is 11.6. The molecule has 1 aliphatic rings. The standard InChI is InChI=1S/C12H16.C12H18.C9H20.C6H12/c1-5-11-8-10(4)6-7-12(11)9(2)3;1-3-4-5-6-12-9-7-11(2)8-10-12;1-3-5-7-9-8-6-4-2;1-2-4-6-5-3-1/h6-8H,2,5H2,1,3-4H3;7-10H,3-6H2,1-2H3;3-9H2,1-2H3;1-6H2. The molecule has 222 valence electrons. The molecule has 1 fully saturated rings. The van der Waals surface area contributed by atoms with Crippen LogP contribution in [0.15, 0.2) is 49.0 Å². The van der Waals surface area contributed by atoms with Gasteiger partial charge in [-0.3, -0.25) is 0 Å². The van der Waals surface area contributed by atoms with Gasteiger partial charge in [0.1, 0.15) is 0 Å². The van der Waals surface area contributed by atoms with E-state index in [1.54, 1.807) is 0 Å². The Kier molecular flexibility index (Phi) is 25.2. The average Bonchev–Trinajstić information content (AvgIpc) is 2.96. The highest BCUT2D eigenvalue weighted by Gasteiger charge is 2.00. The van der Waals surface area contributed by atoms with Crippen molar-refractivity contribution in [3.05, 3.63) is 76.9 Å². The second-order valence-electron chi connectivity index (χ2n) is 11.6. The third-order valence-corrected chi connectivity index (χ3v) is 7.50. The molecule has 0 spiro atoms. The summed E-state index contributed by atoms with van der Waals surface area (Å²) in [6, 6.07) is 15.4.